The average molecular weight is 320 g/mol. The number of aryl methyl sites for hydroxylation is 2. The highest BCUT2D eigenvalue weighted by Crippen LogP contribution is 2.22. The Labute approximate surface area is 139 Å². The number of nitrogens with one attached hydrogen (secondary N) is 1. The van der Waals surface area contributed by atoms with Crippen LogP contribution in [-0.4, -0.2) is 50.4 Å². The molecule has 1 N–H and O–H groups in total. The van der Waals surface area contributed by atoms with E-state index in [4.69, 9.17) is 9.47 Å². The van der Waals surface area contributed by atoms with Gasteiger partial charge in [-0.25, -0.2) is 4.79 Å². The van der Waals surface area contributed by atoms with E-state index in [-0.39, 0.29) is 12.1 Å². The number of carbonyl (C=O) groups excluding carboxylic acids is 1. The molecule has 0 aliphatic carbocycles. The van der Waals surface area contributed by atoms with Crippen molar-refractivity contribution in [2.75, 3.05) is 33.4 Å². The molecular formula is C18H28N2O3. The zero-order chi connectivity index (χ0) is 16.8. The molecule has 1 aliphatic rings. The van der Waals surface area contributed by atoms with Crippen molar-refractivity contribution in [2.24, 2.45) is 5.92 Å². The van der Waals surface area contributed by atoms with Crippen molar-refractivity contribution < 1.29 is 14.3 Å². The molecule has 0 radical (unpaired) electrons. The Hall–Kier alpha value is -1.75. The highest BCUT2D eigenvalue weighted by molar-refractivity contribution is 5.74. The van der Waals surface area contributed by atoms with Gasteiger partial charge >= 0.3 is 6.03 Å². The molecule has 0 aromatic heterocycles. The molecule has 5 heteroatoms. The molecule has 1 heterocycles. The number of hydrogen-bond donors (Lipinski definition) is 1. The van der Waals surface area contributed by atoms with Crippen LogP contribution in [0.3, 0.4) is 0 Å². The minimum Gasteiger partial charge on any atom is -0.491 e. The van der Waals surface area contributed by atoms with Gasteiger partial charge in [0.1, 0.15) is 12.4 Å². The second-order valence-corrected chi connectivity index (χ2v) is 6.49. The fourth-order valence-electron chi connectivity index (χ4n) is 2.80. The molecule has 2 unspecified atom stereocenters. The highest BCUT2D eigenvalue weighted by Gasteiger charge is 2.21. The molecule has 2 rings (SSSR count). The fraction of sp³-hybridized carbons (Fsp3) is 0.611. The second-order valence-electron chi connectivity index (χ2n) is 6.49. The summed E-state index contributed by atoms with van der Waals surface area (Å²) in [5, 5.41) is 2.98. The maximum absolute atomic E-state index is 12.2. The highest BCUT2D eigenvalue weighted by atomic mass is 16.5. The van der Waals surface area contributed by atoms with Crippen molar-refractivity contribution in [1.29, 1.82) is 0 Å². The first-order valence-corrected chi connectivity index (χ1v) is 8.25. The zero-order valence-electron chi connectivity index (χ0n) is 14.6. The number of rotatable bonds is 6. The molecule has 0 saturated carbocycles. The van der Waals surface area contributed by atoms with E-state index in [1.807, 2.05) is 46.0 Å². The molecule has 5 nitrogen and oxygen atoms in total. The van der Waals surface area contributed by atoms with Crippen molar-refractivity contribution in [3.8, 4) is 5.75 Å². The summed E-state index contributed by atoms with van der Waals surface area (Å²) in [5.74, 6) is 1.36. The van der Waals surface area contributed by atoms with Crippen molar-refractivity contribution in [2.45, 2.75) is 33.2 Å². The van der Waals surface area contributed by atoms with Crippen molar-refractivity contribution in [3.05, 3.63) is 29.3 Å². The zero-order valence-corrected chi connectivity index (χ0v) is 14.6. The molecule has 2 atom stereocenters. The lowest BCUT2D eigenvalue weighted by atomic mass is 10.1. The number of para-hydroxylation sites is 1. The van der Waals surface area contributed by atoms with Gasteiger partial charge in [0.2, 0.25) is 0 Å². The standard InChI is InChI=1S/C18H28N2O3/c1-13-6-5-7-14(2)17(13)23-11-15(3)19-18(21)20(4)10-16-8-9-22-12-16/h5-7,15-16H,8-12H2,1-4H3,(H,19,21). The monoisotopic (exact) mass is 320 g/mol. The van der Waals surface area contributed by atoms with E-state index < -0.39 is 0 Å². The van der Waals surface area contributed by atoms with Gasteiger partial charge in [-0.05, 0) is 38.3 Å². The molecule has 0 spiro atoms. The Bertz CT molecular complexity index is 507. The summed E-state index contributed by atoms with van der Waals surface area (Å²) >= 11 is 0. The van der Waals surface area contributed by atoms with Crippen LogP contribution < -0.4 is 10.1 Å². The molecule has 128 valence electrons. The molecule has 1 aromatic carbocycles. The summed E-state index contributed by atoms with van der Waals surface area (Å²) in [6.07, 6.45) is 1.03. The van der Waals surface area contributed by atoms with E-state index in [0.29, 0.717) is 12.5 Å². The van der Waals surface area contributed by atoms with Gasteiger partial charge in [-0.1, -0.05) is 18.2 Å². The summed E-state index contributed by atoms with van der Waals surface area (Å²) in [6, 6.07) is 5.97. The molecule has 1 aromatic rings. The van der Waals surface area contributed by atoms with E-state index in [2.05, 4.69) is 5.32 Å². The van der Waals surface area contributed by atoms with Crippen LogP contribution in [-0.2, 0) is 4.74 Å². The van der Waals surface area contributed by atoms with Crippen LogP contribution in [0.2, 0.25) is 0 Å². The van der Waals surface area contributed by atoms with Crippen LogP contribution >= 0.6 is 0 Å². The van der Waals surface area contributed by atoms with E-state index in [1.165, 1.54) is 0 Å². The summed E-state index contributed by atoms with van der Waals surface area (Å²) in [4.78, 5) is 13.9. The molecule has 1 saturated heterocycles. The second kappa shape index (κ2) is 8.20. The van der Waals surface area contributed by atoms with E-state index in [1.54, 1.807) is 4.90 Å². The average Bonchev–Trinajstić information content (AvgIpc) is 2.99. The third kappa shape index (κ3) is 5.13. The van der Waals surface area contributed by atoms with Gasteiger partial charge in [0.25, 0.3) is 0 Å². The van der Waals surface area contributed by atoms with Gasteiger partial charge < -0.3 is 19.7 Å². The van der Waals surface area contributed by atoms with E-state index >= 15 is 0 Å². The van der Waals surface area contributed by atoms with Crippen LogP contribution in [0.4, 0.5) is 4.79 Å². The lowest BCUT2D eigenvalue weighted by Gasteiger charge is -2.24. The van der Waals surface area contributed by atoms with E-state index in [0.717, 1.165) is 43.1 Å². The van der Waals surface area contributed by atoms with Crippen molar-refractivity contribution in [3.63, 3.8) is 0 Å². The normalized spacial score (nSPS) is 18.5. The SMILES string of the molecule is Cc1cccc(C)c1OCC(C)NC(=O)N(C)CC1CCOC1. The van der Waals surface area contributed by atoms with Gasteiger partial charge in [0.05, 0.1) is 12.6 Å². The number of hydrogen-bond acceptors (Lipinski definition) is 3. The number of urea groups is 1. The fourth-order valence-corrected chi connectivity index (χ4v) is 2.80. The van der Waals surface area contributed by atoms with Gasteiger partial charge in [0.15, 0.2) is 0 Å². The summed E-state index contributed by atoms with van der Waals surface area (Å²) in [7, 11) is 1.83. The topological polar surface area (TPSA) is 50.8 Å². The van der Waals surface area contributed by atoms with E-state index in [9.17, 15) is 4.79 Å². The third-order valence-electron chi connectivity index (χ3n) is 4.16. The molecular weight excluding hydrogens is 292 g/mol. The number of carbonyl (C=O) groups is 1. The number of nitrogens with zero attached hydrogens (tertiary/aromatic N) is 1. The predicted octanol–water partition coefficient (Wildman–Crippen LogP) is 2.75. The molecule has 23 heavy (non-hydrogen) atoms. The summed E-state index contributed by atoms with van der Waals surface area (Å²) < 4.78 is 11.2. The molecule has 2 amide bonds. The third-order valence-corrected chi connectivity index (χ3v) is 4.16. The largest absolute Gasteiger partial charge is 0.491 e. The Morgan fingerprint density at radius 3 is 2.74 bits per heavy atom. The number of amides is 2. The molecule has 1 aliphatic heterocycles. The predicted molar refractivity (Wildman–Crippen MR) is 91.0 cm³/mol. The van der Waals surface area contributed by atoms with Crippen molar-refractivity contribution in [1.82, 2.24) is 10.2 Å². The van der Waals surface area contributed by atoms with Crippen LogP contribution in [0.25, 0.3) is 0 Å². The quantitative estimate of drug-likeness (QED) is 0.877. The van der Waals surface area contributed by atoms with Crippen LogP contribution in [0.1, 0.15) is 24.5 Å². The maximum atomic E-state index is 12.2. The van der Waals surface area contributed by atoms with Crippen molar-refractivity contribution >= 4 is 6.03 Å². The Morgan fingerprint density at radius 2 is 2.13 bits per heavy atom. The first kappa shape index (κ1) is 17.6. The molecule has 0 bridgehead atoms. The lowest BCUT2D eigenvalue weighted by molar-refractivity contribution is 0.168. The van der Waals surface area contributed by atoms with Crippen LogP contribution in [0.5, 0.6) is 5.75 Å². The first-order valence-electron chi connectivity index (χ1n) is 8.25. The summed E-state index contributed by atoms with van der Waals surface area (Å²) in [5.41, 5.74) is 2.23. The Morgan fingerprint density at radius 1 is 1.43 bits per heavy atom. The minimum absolute atomic E-state index is 0.0521. The van der Waals surface area contributed by atoms with Crippen LogP contribution in [0.15, 0.2) is 18.2 Å². The summed E-state index contributed by atoms with van der Waals surface area (Å²) in [6.45, 7) is 8.77. The first-order chi connectivity index (χ1) is 11.0. The smallest absolute Gasteiger partial charge is 0.317 e. The minimum atomic E-state index is -0.0606. The van der Waals surface area contributed by atoms with Crippen LogP contribution in [0, 0.1) is 19.8 Å². The van der Waals surface area contributed by atoms with Gasteiger partial charge in [-0.15, -0.1) is 0 Å². The lowest BCUT2D eigenvalue weighted by Crippen LogP contribution is -2.45. The molecule has 1 fully saturated rings. The van der Waals surface area contributed by atoms with Gasteiger partial charge in [-0.2, -0.15) is 0 Å². The maximum Gasteiger partial charge on any atom is 0.317 e. The Balaban J connectivity index is 1.77. The number of benzene rings is 1. The van der Waals surface area contributed by atoms with Gasteiger partial charge in [-0.3, -0.25) is 0 Å². The van der Waals surface area contributed by atoms with Gasteiger partial charge in [0, 0.05) is 26.1 Å². The Kier molecular flexibility index (Phi) is 6.28. The number of ether oxygens (including phenoxy) is 2.